The van der Waals surface area contributed by atoms with E-state index in [0.717, 1.165) is 22.8 Å². The molecule has 2 nitrogen and oxygen atoms in total. The Labute approximate surface area is 176 Å². The minimum Gasteiger partial charge on any atom is -0.347 e. The lowest BCUT2D eigenvalue weighted by molar-refractivity contribution is 0.104. The standard InChI is InChI=1S/C26H26FNO/c1-2-19-14-15-23(21-11-5-4-10-20(19)21)26(29)24-18-28(17-9-3-8-16-27)25-13-7-6-12-22(24)25/h4-7,10-15,18H,2-3,8-9,16-17H2,1H3/i16D2,17D2. The number of benzene rings is 3. The number of carbonyl (C=O) groups is 1. The van der Waals surface area contributed by atoms with Gasteiger partial charge in [-0.1, -0.05) is 61.5 Å². The number of rotatable bonds is 8. The van der Waals surface area contributed by atoms with Crippen molar-refractivity contribution < 1.29 is 14.7 Å². The van der Waals surface area contributed by atoms with Crippen molar-refractivity contribution in [3.8, 4) is 0 Å². The van der Waals surface area contributed by atoms with Crippen molar-refractivity contribution in [2.45, 2.75) is 39.1 Å². The van der Waals surface area contributed by atoms with Crippen LogP contribution in [-0.2, 0) is 12.9 Å². The molecule has 29 heavy (non-hydrogen) atoms. The molecule has 0 saturated heterocycles. The lowest BCUT2D eigenvalue weighted by Crippen LogP contribution is -2.03. The van der Waals surface area contributed by atoms with E-state index >= 15 is 0 Å². The number of fused-ring (bicyclic) bond motifs is 2. The molecule has 0 amide bonds. The second-order valence-electron chi connectivity index (χ2n) is 7.08. The van der Waals surface area contributed by atoms with Gasteiger partial charge in [-0.3, -0.25) is 9.18 Å². The molecule has 1 aromatic heterocycles. The molecule has 0 bridgehead atoms. The van der Waals surface area contributed by atoms with Gasteiger partial charge >= 0.3 is 0 Å². The maximum Gasteiger partial charge on any atom is 0.195 e. The van der Waals surface area contributed by atoms with Gasteiger partial charge in [-0.05, 0) is 48.1 Å². The summed E-state index contributed by atoms with van der Waals surface area (Å²) in [5, 5.41) is 2.55. The number of ketones is 1. The Hall–Kier alpha value is -2.94. The van der Waals surface area contributed by atoms with Crippen molar-refractivity contribution in [1.82, 2.24) is 4.57 Å². The first kappa shape index (κ1) is 15.0. The highest BCUT2D eigenvalue weighted by Crippen LogP contribution is 2.29. The third kappa shape index (κ3) is 3.69. The highest BCUT2D eigenvalue weighted by Gasteiger charge is 2.19. The van der Waals surface area contributed by atoms with Crippen LogP contribution in [0.3, 0.4) is 0 Å². The maximum absolute atomic E-state index is 13.7. The zero-order valence-electron chi connectivity index (χ0n) is 20.4. The van der Waals surface area contributed by atoms with Gasteiger partial charge in [-0.15, -0.1) is 0 Å². The van der Waals surface area contributed by atoms with Crippen molar-refractivity contribution >= 4 is 27.5 Å². The van der Waals surface area contributed by atoms with Crippen molar-refractivity contribution in [1.29, 1.82) is 0 Å². The van der Waals surface area contributed by atoms with E-state index in [2.05, 4.69) is 6.92 Å². The summed E-state index contributed by atoms with van der Waals surface area (Å²) in [6.45, 7) is -2.66. The number of alkyl halides is 1. The monoisotopic (exact) mass is 391 g/mol. The largest absolute Gasteiger partial charge is 0.347 e. The summed E-state index contributed by atoms with van der Waals surface area (Å²) < 4.78 is 45.9. The number of aryl methyl sites for hydroxylation is 2. The molecule has 0 saturated carbocycles. The molecule has 3 heteroatoms. The predicted molar refractivity (Wildman–Crippen MR) is 119 cm³/mol. The number of aromatic nitrogens is 1. The number of halogens is 1. The minimum atomic E-state index is -2.83. The summed E-state index contributed by atoms with van der Waals surface area (Å²) in [5.41, 5.74) is 2.71. The molecule has 0 N–H and O–H groups in total. The molecule has 0 aliphatic carbocycles. The van der Waals surface area contributed by atoms with Crippen LogP contribution in [0, 0.1) is 0 Å². The molecule has 0 fully saturated rings. The molecule has 0 aliphatic rings. The Morgan fingerprint density at radius 3 is 2.38 bits per heavy atom. The number of carbonyl (C=O) groups excluding carboxylic acids is 1. The van der Waals surface area contributed by atoms with Gasteiger partial charge in [0.1, 0.15) is 0 Å². The number of nitrogens with zero attached hydrogens (tertiary/aromatic N) is 1. The highest BCUT2D eigenvalue weighted by molar-refractivity contribution is 6.21. The summed E-state index contributed by atoms with van der Waals surface area (Å²) in [7, 11) is 0. The molecule has 0 spiro atoms. The molecule has 0 aliphatic heterocycles. The Morgan fingerprint density at radius 1 is 0.897 bits per heavy atom. The van der Waals surface area contributed by atoms with Crippen LogP contribution < -0.4 is 0 Å². The average Bonchev–Trinajstić information content (AvgIpc) is 3.17. The summed E-state index contributed by atoms with van der Waals surface area (Å²) >= 11 is 0. The van der Waals surface area contributed by atoms with Gasteiger partial charge in [0.15, 0.2) is 5.78 Å². The van der Waals surface area contributed by atoms with E-state index in [9.17, 15) is 9.18 Å². The third-order valence-electron chi connectivity index (χ3n) is 5.33. The summed E-state index contributed by atoms with van der Waals surface area (Å²) in [6.07, 6.45) is 1.98. The molecular weight excluding hydrogens is 361 g/mol. The van der Waals surface area contributed by atoms with Crippen molar-refractivity contribution in [3.05, 3.63) is 83.6 Å². The molecule has 0 unspecified atom stereocenters. The molecule has 4 rings (SSSR count). The molecule has 1 heterocycles. The zero-order valence-corrected chi connectivity index (χ0v) is 16.4. The second-order valence-corrected chi connectivity index (χ2v) is 7.08. The normalized spacial score (nSPS) is 14.4. The Morgan fingerprint density at radius 2 is 1.62 bits per heavy atom. The summed E-state index contributed by atoms with van der Waals surface area (Å²) in [6, 6.07) is 18.8. The highest BCUT2D eigenvalue weighted by atomic mass is 19.1. The zero-order chi connectivity index (χ0) is 23.8. The fourth-order valence-electron chi connectivity index (χ4n) is 3.86. The van der Waals surface area contributed by atoms with E-state index in [1.165, 1.54) is 4.57 Å². The summed E-state index contributed by atoms with van der Waals surface area (Å²) in [5.74, 6) is -0.181. The fourth-order valence-corrected chi connectivity index (χ4v) is 3.86. The Balaban J connectivity index is 1.79. The van der Waals surface area contributed by atoms with Crippen molar-refractivity contribution in [3.63, 3.8) is 0 Å². The SMILES string of the molecule is [2H]C([2H])(F)CCCC([2H])([2H])n1cc(C(=O)c2ccc(CC)c3ccccc23)c2ccccc21. The minimum absolute atomic E-state index is 0.0371. The first-order chi connectivity index (χ1) is 15.6. The molecule has 148 valence electrons. The van der Waals surface area contributed by atoms with Crippen LogP contribution in [-0.4, -0.2) is 17.0 Å². The summed E-state index contributed by atoms with van der Waals surface area (Å²) in [4.78, 5) is 13.7. The van der Waals surface area contributed by atoms with Gasteiger partial charge in [0.2, 0.25) is 0 Å². The van der Waals surface area contributed by atoms with Gasteiger partial charge in [-0.2, -0.15) is 0 Å². The maximum atomic E-state index is 13.7. The Kier molecular flexibility index (Phi) is 4.44. The van der Waals surface area contributed by atoms with Crippen molar-refractivity contribution in [2.24, 2.45) is 0 Å². The Bertz CT molecular complexity index is 1320. The van der Waals surface area contributed by atoms with E-state index in [1.807, 2.05) is 42.5 Å². The van der Waals surface area contributed by atoms with Crippen molar-refractivity contribution in [2.75, 3.05) is 6.63 Å². The van der Waals surface area contributed by atoms with E-state index in [1.54, 1.807) is 24.4 Å². The molecular formula is C26H26FNO. The van der Waals surface area contributed by atoms with Gasteiger partial charge in [0.25, 0.3) is 0 Å². The van der Waals surface area contributed by atoms with Gasteiger partial charge in [0, 0.05) is 37.5 Å². The van der Waals surface area contributed by atoms with Crippen LogP contribution in [0.25, 0.3) is 21.7 Å². The predicted octanol–water partition coefficient (Wildman–Crippen LogP) is 6.73. The topological polar surface area (TPSA) is 22.0 Å². The van der Waals surface area contributed by atoms with Gasteiger partial charge in [0.05, 0.1) is 9.37 Å². The van der Waals surface area contributed by atoms with Crippen LogP contribution in [0.5, 0.6) is 0 Å². The molecule has 4 aromatic rings. The van der Waals surface area contributed by atoms with Crippen LogP contribution in [0.1, 0.15) is 53.2 Å². The molecule has 0 radical (unpaired) electrons. The van der Waals surface area contributed by atoms with E-state index in [-0.39, 0.29) is 25.0 Å². The van der Waals surface area contributed by atoms with Crippen LogP contribution in [0.15, 0.2) is 66.9 Å². The first-order valence-electron chi connectivity index (χ1n) is 12.0. The van der Waals surface area contributed by atoms with E-state index < -0.39 is 13.1 Å². The van der Waals surface area contributed by atoms with Gasteiger partial charge in [-0.25, -0.2) is 0 Å². The molecule has 3 aromatic carbocycles. The number of para-hydroxylation sites is 1. The van der Waals surface area contributed by atoms with Gasteiger partial charge < -0.3 is 4.57 Å². The lowest BCUT2D eigenvalue weighted by atomic mass is 9.93. The number of hydrogen-bond acceptors (Lipinski definition) is 1. The first-order valence-corrected chi connectivity index (χ1v) is 9.97. The van der Waals surface area contributed by atoms with Crippen LogP contribution in [0.2, 0.25) is 0 Å². The smallest absolute Gasteiger partial charge is 0.195 e. The lowest BCUT2D eigenvalue weighted by Gasteiger charge is -2.09. The van der Waals surface area contributed by atoms with E-state index in [0.29, 0.717) is 22.0 Å². The third-order valence-corrected chi connectivity index (χ3v) is 5.33. The van der Waals surface area contributed by atoms with Crippen LogP contribution >= 0.6 is 0 Å². The quantitative estimate of drug-likeness (QED) is 0.305. The second kappa shape index (κ2) is 8.60. The van der Waals surface area contributed by atoms with Crippen LogP contribution in [0.4, 0.5) is 4.39 Å². The van der Waals surface area contributed by atoms with E-state index in [4.69, 9.17) is 5.48 Å². The number of hydrogen-bond donors (Lipinski definition) is 0. The average molecular weight is 392 g/mol. The fraction of sp³-hybridized carbons (Fsp3) is 0.269. The molecule has 0 atom stereocenters.